The van der Waals surface area contributed by atoms with Gasteiger partial charge in [-0.05, 0) is 44.5 Å². The zero-order valence-electron chi connectivity index (χ0n) is 23.5. The number of likely N-dealkylation sites (tertiary alicyclic amines) is 1. The van der Waals surface area contributed by atoms with Gasteiger partial charge in [-0.25, -0.2) is 15.0 Å². The molecule has 2 aliphatic rings. The number of piperazine rings is 1. The lowest BCUT2D eigenvalue weighted by atomic mass is 10.1. The Morgan fingerprint density at radius 2 is 1.91 bits per heavy atom. The van der Waals surface area contributed by atoms with E-state index < -0.39 is 23.9 Å². The Bertz CT molecular complexity index is 1420. The van der Waals surface area contributed by atoms with Crippen LogP contribution in [0, 0.1) is 0 Å². The fourth-order valence-corrected chi connectivity index (χ4v) is 6.54. The molecule has 0 saturated carbocycles. The number of aliphatic hydroxyl groups is 2. The molecule has 3 N–H and O–H groups in total. The van der Waals surface area contributed by atoms with Crippen molar-refractivity contribution in [3.05, 3.63) is 51.7 Å². The molecule has 1 amide bonds. The van der Waals surface area contributed by atoms with Crippen LogP contribution in [0.15, 0.2) is 30.6 Å². The highest BCUT2D eigenvalue weighted by molar-refractivity contribution is 7.16. The van der Waals surface area contributed by atoms with E-state index in [0.29, 0.717) is 43.7 Å². The summed E-state index contributed by atoms with van der Waals surface area (Å²) in [7, 11) is 0. The molecule has 15 heteroatoms. The van der Waals surface area contributed by atoms with E-state index in [2.05, 4.69) is 37.0 Å². The molecule has 4 heterocycles. The second kappa shape index (κ2) is 13.4. The summed E-state index contributed by atoms with van der Waals surface area (Å²) in [5.41, 5.74) is -0.209. The average Bonchev–Trinajstić information content (AvgIpc) is 3.56. The first kappa shape index (κ1) is 31.5. The average molecular weight is 640 g/mol. The van der Waals surface area contributed by atoms with E-state index in [1.54, 1.807) is 0 Å². The van der Waals surface area contributed by atoms with Crippen LogP contribution >= 0.6 is 22.9 Å². The molecular formula is C28H33ClF3N7O3S. The van der Waals surface area contributed by atoms with Gasteiger partial charge < -0.3 is 15.1 Å². The molecule has 2 fully saturated rings. The molecule has 0 spiro atoms. The van der Waals surface area contributed by atoms with Gasteiger partial charge in [0.2, 0.25) is 0 Å². The quantitative estimate of drug-likeness (QED) is 0.294. The fraction of sp³-hybridized carbons (Fsp3) is 0.500. The Kier molecular flexibility index (Phi) is 9.83. The van der Waals surface area contributed by atoms with Crippen LogP contribution < -0.4 is 10.2 Å². The molecule has 10 nitrogen and oxygen atoms in total. The molecule has 0 radical (unpaired) electrons. The maximum absolute atomic E-state index is 13.6. The summed E-state index contributed by atoms with van der Waals surface area (Å²) >= 11 is 7.30. The van der Waals surface area contributed by atoms with E-state index in [1.165, 1.54) is 29.8 Å². The zero-order chi connectivity index (χ0) is 30.7. The highest BCUT2D eigenvalue weighted by Gasteiger charge is 2.32. The van der Waals surface area contributed by atoms with Crippen molar-refractivity contribution in [1.82, 2.24) is 24.8 Å². The molecule has 0 bridgehead atoms. The van der Waals surface area contributed by atoms with Crippen LogP contribution in [0.3, 0.4) is 0 Å². The van der Waals surface area contributed by atoms with Gasteiger partial charge in [-0.3, -0.25) is 19.9 Å². The minimum atomic E-state index is -4.57. The third kappa shape index (κ3) is 7.99. The molecule has 2 aliphatic heterocycles. The van der Waals surface area contributed by atoms with Crippen molar-refractivity contribution >= 4 is 39.8 Å². The van der Waals surface area contributed by atoms with E-state index in [4.69, 9.17) is 21.8 Å². The van der Waals surface area contributed by atoms with E-state index in [-0.39, 0.29) is 27.8 Å². The Morgan fingerprint density at radius 1 is 1.14 bits per heavy atom. The van der Waals surface area contributed by atoms with Gasteiger partial charge in [-0.15, -0.1) is 0 Å². The van der Waals surface area contributed by atoms with Crippen LogP contribution in [0.5, 0.6) is 0 Å². The van der Waals surface area contributed by atoms with Crippen molar-refractivity contribution < 1.29 is 28.2 Å². The number of aromatic nitrogens is 3. The predicted molar refractivity (Wildman–Crippen MR) is 158 cm³/mol. The molecule has 2 saturated heterocycles. The van der Waals surface area contributed by atoms with Gasteiger partial charge in [0.15, 0.2) is 11.4 Å². The van der Waals surface area contributed by atoms with Crippen molar-refractivity contribution in [2.24, 2.45) is 0 Å². The van der Waals surface area contributed by atoms with Gasteiger partial charge in [0, 0.05) is 67.2 Å². The van der Waals surface area contributed by atoms with Crippen LogP contribution in [-0.4, -0.2) is 92.5 Å². The van der Waals surface area contributed by atoms with Crippen molar-refractivity contribution in [2.75, 3.05) is 49.5 Å². The van der Waals surface area contributed by atoms with Crippen molar-refractivity contribution in [2.45, 2.75) is 51.2 Å². The Balaban J connectivity index is 1.31. The monoisotopic (exact) mass is 639 g/mol. The second-order valence-corrected chi connectivity index (χ2v) is 12.3. The first-order valence-electron chi connectivity index (χ1n) is 14.0. The number of aliphatic hydroxyl groups excluding tert-OH is 1. The third-order valence-corrected chi connectivity index (χ3v) is 8.90. The van der Waals surface area contributed by atoms with E-state index in [9.17, 15) is 18.0 Å². The van der Waals surface area contributed by atoms with E-state index >= 15 is 0 Å². The number of hydrogen-bond acceptors (Lipinski definition) is 10. The number of halogens is 4. The summed E-state index contributed by atoms with van der Waals surface area (Å²) in [5, 5.41) is 21.1. The number of rotatable bonds is 9. The topological polar surface area (TPSA) is 118 Å². The van der Waals surface area contributed by atoms with Gasteiger partial charge in [0.1, 0.15) is 11.5 Å². The smallest absolute Gasteiger partial charge is 0.368 e. The summed E-state index contributed by atoms with van der Waals surface area (Å²) in [6.07, 6.45) is -0.627. The van der Waals surface area contributed by atoms with Crippen LogP contribution in [0.4, 0.5) is 24.1 Å². The van der Waals surface area contributed by atoms with Gasteiger partial charge in [0.25, 0.3) is 5.91 Å². The zero-order valence-corrected chi connectivity index (χ0v) is 25.1. The number of benzene rings is 1. The highest BCUT2D eigenvalue weighted by atomic mass is 35.5. The molecule has 1 atom stereocenters. The minimum Gasteiger partial charge on any atom is -0.368 e. The number of amides is 1. The molecule has 0 aliphatic carbocycles. The lowest BCUT2D eigenvalue weighted by Gasteiger charge is -2.35. The fourth-order valence-electron chi connectivity index (χ4n) is 5.30. The number of carbonyl (C=O) groups is 1. The summed E-state index contributed by atoms with van der Waals surface area (Å²) in [5.74, 6) is 0.0910. The number of thiazole rings is 1. The molecule has 232 valence electrons. The first-order valence-corrected chi connectivity index (χ1v) is 15.2. The van der Waals surface area contributed by atoms with Crippen molar-refractivity contribution in [1.29, 1.82) is 0 Å². The second-order valence-electron chi connectivity index (χ2n) is 10.8. The van der Waals surface area contributed by atoms with Crippen molar-refractivity contribution in [3.8, 4) is 11.3 Å². The van der Waals surface area contributed by atoms with Gasteiger partial charge in [-0.2, -0.15) is 13.2 Å². The van der Waals surface area contributed by atoms with Crippen LogP contribution in [0.2, 0.25) is 5.02 Å². The van der Waals surface area contributed by atoms with Gasteiger partial charge in [-0.1, -0.05) is 22.9 Å². The van der Waals surface area contributed by atoms with E-state index in [1.807, 2.05) is 4.90 Å². The standard InChI is InChI=1S/C28H33ClF3N7O3S/c1-17-3-2-5-39(17)16-22-25(18-11-19(28(30,31)32)13-20(29)12-18)35-27(43-22)36-26(42)21-14-34-23(15-33-21)38-9-7-37(8-10-38)6-4-24(40)41/h11-15,17,24,40-41H,2-10,16H2,1H3,(H,35,36,42)/t17-/m1/s1. The SMILES string of the molecule is C[C@@H]1CCCN1Cc1sc(NC(=O)c2cnc(N3CCN(CCC(O)O)CC3)cn2)nc1-c1cc(Cl)cc(C(F)(F)F)c1. The normalized spacial score (nSPS) is 18.5. The number of anilines is 2. The first-order chi connectivity index (χ1) is 20.5. The lowest BCUT2D eigenvalue weighted by Crippen LogP contribution is -2.47. The summed E-state index contributed by atoms with van der Waals surface area (Å²) in [6.45, 7) is 6.89. The number of nitrogens with zero attached hydrogens (tertiary/aromatic N) is 6. The van der Waals surface area contributed by atoms with Crippen molar-refractivity contribution in [3.63, 3.8) is 0 Å². The Labute approximate surface area is 256 Å². The number of nitrogens with one attached hydrogen (secondary N) is 1. The third-order valence-electron chi connectivity index (χ3n) is 7.72. The molecule has 43 heavy (non-hydrogen) atoms. The largest absolute Gasteiger partial charge is 0.416 e. The van der Waals surface area contributed by atoms with E-state index in [0.717, 1.165) is 49.5 Å². The molecule has 1 aromatic carbocycles. The molecule has 5 rings (SSSR count). The Morgan fingerprint density at radius 3 is 2.53 bits per heavy atom. The maximum atomic E-state index is 13.6. The summed E-state index contributed by atoms with van der Waals surface area (Å²) < 4.78 is 40.7. The molecule has 3 aromatic rings. The molecule has 0 unspecified atom stereocenters. The Hall–Kier alpha value is -2.88. The summed E-state index contributed by atoms with van der Waals surface area (Å²) in [6, 6.07) is 3.69. The van der Waals surface area contributed by atoms with Crippen LogP contribution in [0.1, 0.15) is 47.1 Å². The maximum Gasteiger partial charge on any atom is 0.416 e. The van der Waals surface area contributed by atoms with Crippen LogP contribution in [-0.2, 0) is 12.7 Å². The number of carbonyl (C=O) groups excluding carboxylic acids is 1. The molecule has 2 aromatic heterocycles. The lowest BCUT2D eigenvalue weighted by molar-refractivity contribution is -0.137. The van der Waals surface area contributed by atoms with Crippen LogP contribution in [0.25, 0.3) is 11.3 Å². The highest BCUT2D eigenvalue weighted by Crippen LogP contribution is 2.39. The predicted octanol–water partition coefficient (Wildman–Crippen LogP) is 4.33. The minimum absolute atomic E-state index is 0.0513. The molecular weight excluding hydrogens is 607 g/mol. The number of hydrogen-bond donors (Lipinski definition) is 3. The number of alkyl halides is 3. The van der Waals surface area contributed by atoms with Gasteiger partial charge in [0.05, 0.1) is 23.7 Å². The van der Waals surface area contributed by atoms with Gasteiger partial charge >= 0.3 is 6.18 Å². The summed E-state index contributed by atoms with van der Waals surface area (Å²) in [4.78, 5) is 33.5.